The lowest BCUT2D eigenvalue weighted by Gasteiger charge is -2.50. The Hall–Kier alpha value is -1.44. The van der Waals surface area contributed by atoms with E-state index in [1.54, 1.807) is 0 Å². The molecule has 3 aliphatic heterocycles. The van der Waals surface area contributed by atoms with E-state index < -0.39 is 0 Å². The molecule has 1 aromatic heterocycles. The SMILES string of the molecule is CCn1ccc(C(=O)N2CCC3(CC2)C[C@@H](N2CCN(C(C)C)CC2)CCO3)n1. The second-order valence-electron chi connectivity index (χ2n) is 9.19. The van der Waals surface area contributed by atoms with Gasteiger partial charge in [-0.05, 0) is 52.5 Å². The Labute approximate surface area is 175 Å². The Balaban J connectivity index is 1.31. The van der Waals surface area contributed by atoms with Crippen LogP contribution in [0.4, 0.5) is 0 Å². The highest BCUT2D eigenvalue weighted by atomic mass is 16.5. The quantitative estimate of drug-likeness (QED) is 0.771. The molecule has 3 fully saturated rings. The van der Waals surface area contributed by atoms with Crippen molar-refractivity contribution in [3.8, 4) is 0 Å². The highest BCUT2D eigenvalue weighted by molar-refractivity contribution is 5.92. The van der Waals surface area contributed by atoms with E-state index in [2.05, 4.69) is 28.7 Å². The summed E-state index contributed by atoms with van der Waals surface area (Å²) in [4.78, 5) is 20.0. The molecule has 1 spiro atoms. The summed E-state index contributed by atoms with van der Waals surface area (Å²) in [7, 11) is 0. The molecule has 0 saturated carbocycles. The van der Waals surface area contributed by atoms with Gasteiger partial charge < -0.3 is 9.64 Å². The third kappa shape index (κ3) is 4.52. The van der Waals surface area contributed by atoms with Gasteiger partial charge in [0, 0.05) is 70.7 Å². The number of hydrogen-bond acceptors (Lipinski definition) is 5. The minimum Gasteiger partial charge on any atom is -0.375 e. The Morgan fingerprint density at radius 2 is 1.93 bits per heavy atom. The van der Waals surface area contributed by atoms with E-state index in [4.69, 9.17) is 4.74 Å². The van der Waals surface area contributed by atoms with E-state index in [1.165, 1.54) is 26.2 Å². The van der Waals surface area contributed by atoms with Crippen molar-refractivity contribution >= 4 is 5.91 Å². The number of likely N-dealkylation sites (tertiary alicyclic amines) is 1. The van der Waals surface area contributed by atoms with Gasteiger partial charge in [-0.2, -0.15) is 5.10 Å². The van der Waals surface area contributed by atoms with Crippen molar-refractivity contribution < 1.29 is 9.53 Å². The summed E-state index contributed by atoms with van der Waals surface area (Å²) in [6.45, 7) is 14.5. The Kier molecular flexibility index (Phi) is 6.27. The Bertz CT molecular complexity index is 687. The number of nitrogens with zero attached hydrogens (tertiary/aromatic N) is 5. The van der Waals surface area contributed by atoms with Crippen LogP contribution in [0.15, 0.2) is 12.3 Å². The molecule has 0 unspecified atom stereocenters. The summed E-state index contributed by atoms with van der Waals surface area (Å²) in [5.74, 6) is 0.0595. The lowest BCUT2D eigenvalue weighted by molar-refractivity contribution is -0.132. The molecule has 1 aromatic rings. The van der Waals surface area contributed by atoms with Crippen LogP contribution in [0.2, 0.25) is 0 Å². The number of piperazine rings is 1. The summed E-state index contributed by atoms with van der Waals surface area (Å²) in [6.07, 6.45) is 6.01. The van der Waals surface area contributed by atoms with Gasteiger partial charge in [-0.25, -0.2) is 0 Å². The average molecular weight is 404 g/mol. The molecule has 0 N–H and O–H groups in total. The van der Waals surface area contributed by atoms with Gasteiger partial charge >= 0.3 is 0 Å². The standard InChI is InChI=1S/C22H37N5O2/c1-4-27-9-5-20(23-27)21(28)26-10-7-22(8-11-26)17-19(6-16-29-22)25-14-12-24(13-15-25)18(2)3/h5,9,18-19H,4,6-8,10-17H2,1-3H3/t19-/m0/s1. The van der Waals surface area contributed by atoms with Crippen LogP contribution in [0.1, 0.15) is 56.9 Å². The molecule has 3 aliphatic rings. The molecule has 0 aromatic carbocycles. The summed E-state index contributed by atoms with van der Waals surface area (Å²) in [5.41, 5.74) is 0.519. The molecule has 0 bridgehead atoms. The lowest BCUT2D eigenvalue weighted by Crippen LogP contribution is -2.58. The molecule has 3 saturated heterocycles. The van der Waals surface area contributed by atoms with E-state index in [1.807, 2.05) is 28.8 Å². The Morgan fingerprint density at radius 1 is 1.21 bits per heavy atom. The molecule has 4 rings (SSSR count). The fourth-order valence-corrected chi connectivity index (χ4v) is 5.21. The first-order chi connectivity index (χ1) is 14.0. The number of piperidine rings is 1. The first-order valence-electron chi connectivity index (χ1n) is 11.4. The summed E-state index contributed by atoms with van der Waals surface area (Å²) >= 11 is 0. The third-order valence-electron chi connectivity index (χ3n) is 7.21. The molecule has 4 heterocycles. The fourth-order valence-electron chi connectivity index (χ4n) is 5.21. The number of hydrogen-bond donors (Lipinski definition) is 0. The zero-order valence-electron chi connectivity index (χ0n) is 18.3. The zero-order valence-corrected chi connectivity index (χ0v) is 18.3. The summed E-state index contributed by atoms with van der Waals surface area (Å²) < 4.78 is 8.16. The monoisotopic (exact) mass is 403 g/mol. The van der Waals surface area contributed by atoms with E-state index in [0.29, 0.717) is 17.8 Å². The molecule has 7 nitrogen and oxygen atoms in total. The Morgan fingerprint density at radius 3 is 2.55 bits per heavy atom. The predicted molar refractivity (Wildman–Crippen MR) is 113 cm³/mol. The fraction of sp³-hybridized carbons (Fsp3) is 0.818. The molecule has 0 radical (unpaired) electrons. The molecule has 1 amide bonds. The molecule has 29 heavy (non-hydrogen) atoms. The first-order valence-corrected chi connectivity index (χ1v) is 11.4. The number of amides is 1. The van der Waals surface area contributed by atoms with Gasteiger partial charge in [0.05, 0.1) is 5.60 Å². The largest absolute Gasteiger partial charge is 0.375 e. The molecular formula is C22H37N5O2. The van der Waals surface area contributed by atoms with E-state index in [9.17, 15) is 4.79 Å². The number of carbonyl (C=O) groups is 1. The normalized spacial score (nSPS) is 26.3. The van der Waals surface area contributed by atoms with Crippen LogP contribution in [0.5, 0.6) is 0 Å². The lowest BCUT2D eigenvalue weighted by atomic mass is 9.81. The third-order valence-corrected chi connectivity index (χ3v) is 7.21. The van der Waals surface area contributed by atoms with Gasteiger partial charge in [-0.3, -0.25) is 19.3 Å². The van der Waals surface area contributed by atoms with Crippen LogP contribution in [0.25, 0.3) is 0 Å². The average Bonchev–Trinajstić information content (AvgIpc) is 3.23. The van der Waals surface area contributed by atoms with Crippen LogP contribution < -0.4 is 0 Å². The zero-order chi connectivity index (χ0) is 20.4. The van der Waals surface area contributed by atoms with Gasteiger partial charge in [0.15, 0.2) is 0 Å². The van der Waals surface area contributed by atoms with Gasteiger partial charge in [0.25, 0.3) is 5.91 Å². The first kappa shape index (κ1) is 20.8. The second kappa shape index (κ2) is 8.74. The number of aromatic nitrogens is 2. The molecule has 162 valence electrons. The number of carbonyl (C=O) groups excluding carboxylic acids is 1. The minimum atomic E-state index is -0.0440. The summed E-state index contributed by atoms with van der Waals surface area (Å²) in [5, 5.41) is 4.38. The van der Waals surface area contributed by atoms with Crippen molar-refractivity contribution in [3.05, 3.63) is 18.0 Å². The number of aryl methyl sites for hydroxylation is 1. The molecular weight excluding hydrogens is 366 g/mol. The number of ether oxygens (including phenoxy) is 1. The van der Waals surface area contributed by atoms with Gasteiger partial charge in [-0.15, -0.1) is 0 Å². The van der Waals surface area contributed by atoms with Gasteiger partial charge in [0.2, 0.25) is 0 Å². The van der Waals surface area contributed by atoms with Crippen LogP contribution in [0, 0.1) is 0 Å². The van der Waals surface area contributed by atoms with Crippen molar-refractivity contribution in [2.24, 2.45) is 0 Å². The van der Waals surface area contributed by atoms with Crippen molar-refractivity contribution in [2.45, 2.75) is 70.7 Å². The second-order valence-corrected chi connectivity index (χ2v) is 9.19. The van der Waals surface area contributed by atoms with E-state index in [0.717, 1.165) is 51.9 Å². The predicted octanol–water partition coefficient (Wildman–Crippen LogP) is 2.08. The number of rotatable bonds is 4. The molecule has 0 aliphatic carbocycles. The van der Waals surface area contributed by atoms with Crippen molar-refractivity contribution in [3.63, 3.8) is 0 Å². The maximum Gasteiger partial charge on any atom is 0.274 e. The van der Waals surface area contributed by atoms with Gasteiger partial charge in [0.1, 0.15) is 5.69 Å². The van der Waals surface area contributed by atoms with Crippen molar-refractivity contribution in [1.82, 2.24) is 24.5 Å². The highest BCUT2D eigenvalue weighted by Gasteiger charge is 2.43. The van der Waals surface area contributed by atoms with Crippen molar-refractivity contribution in [2.75, 3.05) is 45.9 Å². The smallest absolute Gasteiger partial charge is 0.274 e. The van der Waals surface area contributed by atoms with E-state index in [-0.39, 0.29) is 11.5 Å². The molecule has 7 heteroatoms. The van der Waals surface area contributed by atoms with E-state index >= 15 is 0 Å². The van der Waals surface area contributed by atoms with Crippen LogP contribution in [-0.2, 0) is 11.3 Å². The summed E-state index contributed by atoms with van der Waals surface area (Å²) in [6, 6.07) is 3.10. The van der Waals surface area contributed by atoms with Crippen LogP contribution in [0.3, 0.4) is 0 Å². The highest BCUT2D eigenvalue weighted by Crippen LogP contribution is 2.37. The van der Waals surface area contributed by atoms with Crippen LogP contribution >= 0.6 is 0 Å². The topological polar surface area (TPSA) is 53.8 Å². The maximum absolute atomic E-state index is 12.8. The molecule has 1 atom stereocenters. The minimum absolute atomic E-state index is 0.0440. The van der Waals surface area contributed by atoms with Crippen molar-refractivity contribution in [1.29, 1.82) is 0 Å². The maximum atomic E-state index is 12.8. The van der Waals surface area contributed by atoms with Crippen LogP contribution in [-0.4, -0.2) is 93.9 Å². The van der Waals surface area contributed by atoms with Gasteiger partial charge in [-0.1, -0.05) is 0 Å².